The molecule has 4 N–H and O–H groups in total. The summed E-state index contributed by atoms with van der Waals surface area (Å²) in [7, 11) is 0. The third-order valence-electron chi connectivity index (χ3n) is 3.15. The lowest BCUT2D eigenvalue weighted by atomic mass is 9.84. The predicted molar refractivity (Wildman–Crippen MR) is 82.5 cm³/mol. The highest BCUT2D eigenvalue weighted by Gasteiger charge is 2.25. The first-order valence-electron chi connectivity index (χ1n) is 7.10. The Hall–Kier alpha value is -1.36. The van der Waals surface area contributed by atoms with Crippen molar-refractivity contribution in [3.63, 3.8) is 0 Å². The van der Waals surface area contributed by atoms with Gasteiger partial charge in [-0.15, -0.1) is 0 Å². The maximum absolute atomic E-state index is 12.2. The van der Waals surface area contributed by atoms with Gasteiger partial charge in [0.25, 0.3) is 0 Å². The Labute approximate surface area is 121 Å². The Morgan fingerprint density at radius 2 is 1.95 bits per heavy atom. The number of H-pyrrole nitrogens is 1. The first kappa shape index (κ1) is 16.7. The molecular formula is C15H28N4O. The van der Waals surface area contributed by atoms with Gasteiger partial charge < -0.3 is 11.1 Å². The summed E-state index contributed by atoms with van der Waals surface area (Å²) in [5.41, 5.74) is 6.77. The quantitative estimate of drug-likeness (QED) is 0.792. The van der Waals surface area contributed by atoms with Gasteiger partial charge in [-0.3, -0.25) is 9.89 Å². The second-order valence-corrected chi connectivity index (χ2v) is 7.60. The van der Waals surface area contributed by atoms with Crippen molar-refractivity contribution >= 4 is 11.7 Å². The molecule has 5 nitrogen and oxygen atoms in total. The van der Waals surface area contributed by atoms with Crippen LogP contribution in [-0.2, 0) is 10.2 Å². The number of nitrogens with two attached hydrogens (primary N) is 1. The van der Waals surface area contributed by atoms with Gasteiger partial charge in [-0.25, -0.2) is 0 Å². The normalized spacial score (nSPS) is 14.2. The van der Waals surface area contributed by atoms with Crippen LogP contribution in [0.4, 0.5) is 5.82 Å². The molecule has 1 aromatic rings. The van der Waals surface area contributed by atoms with E-state index in [4.69, 9.17) is 5.73 Å². The van der Waals surface area contributed by atoms with Crippen LogP contribution in [0.1, 0.15) is 53.7 Å². The van der Waals surface area contributed by atoms with E-state index in [0.29, 0.717) is 12.4 Å². The van der Waals surface area contributed by atoms with Crippen LogP contribution in [0, 0.1) is 11.3 Å². The van der Waals surface area contributed by atoms with Crippen LogP contribution >= 0.6 is 0 Å². The van der Waals surface area contributed by atoms with Gasteiger partial charge >= 0.3 is 0 Å². The van der Waals surface area contributed by atoms with Crippen molar-refractivity contribution in [2.45, 2.75) is 53.4 Å². The molecular weight excluding hydrogens is 252 g/mol. The van der Waals surface area contributed by atoms with E-state index in [2.05, 4.69) is 57.1 Å². The number of rotatable bonds is 4. The lowest BCUT2D eigenvalue weighted by Gasteiger charge is -2.24. The minimum atomic E-state index is -0.190. The van der Waals surface area contributed by atoms with Crippen LogP contribution in [0.15, 0.2) is 6.07 Å². The summed E-state index contributed by atoms with van der Waals surface area (Å²) in [6.07, 6.45) is 0.756. The molecule has 0 fully saturated rings. The van der Waals surface area contributed by atoms with Crippen LogP contribution in [-0.4, -0.2) is 22.6 Å². The number of nitrogens with one attached hydrogen (secondary N) is 2. The number of aromatic amines is 1. The lowest BCUT2D eigenvalue weighted by Crippen LogP contribution is -2.32. The van der Waals surface area contributed by atoms with Crippen LogP contribution in [0.5, 0.6) is 0 Å². The van der Waals surface area contributed by atoms with E-state index in [-0.39, 0.29) is 22.7 Å². The minimum absolute atomic E-state index is 0.0192. The van der Waals surface area contributed by atoms with Crippen molar-refractivity contribution < 1.29 is 4.79 Å². The van der Waals surface area contributed by atoms with Crippen LogP contribution in [0.3, 0.4) is 0 Å². The van der Waals surface area contributed by atoms with Crippen molar-refractivity contribution in [1.82, 2.24) is 10.2 Å². The fraction of sp³-hybridized carbons (Fsp3) is 0.733. The Balaban J connectivity index is 2.72. The molecule has 5 heteroatoms. The maximum atomic E-state index is 12.2. The highest BCUT2D eigenvalue weighted by Crippen LogP contribution is 2.25. The molecule has 1 aromatic heterocycles. The molecule has 0 aliphatic carbocycles. The summed E-state index contributed by atoms with van der Waals surface area (Å²) < 4.78 is 0. The maximum Gasteiger partial charge on any atom is 0.229 e. The van der Waals surface area contributed by atoms with Gasteiger partial charge in [0, 0.05) is 23.7 Å². The number of amides is 1. The van der Waals surface area contributed by atoms with Gasteiger partial charge in [-0.1, -0.05) is 41.5 Å². The van der Waals surface area contributed by atoms with Crippen molar-refractivity contribution in [3.8, 4) is 0 Å². The smallest absolute Gasteiger partial charge is 0.229 e. The molecule has 1 amide bonds. The molecule has 0 aromatic carbocycles. The number of anilines is 1. The zero-order valence-electron chi connectivity index (χ0n) is 13.5. The van der Waals surface area contributed by atoms with Crippen molar-refractivity contribution in [3.05, 3.63) is 11.8 Å². The van der Waals surface area contributed by atoms with Gasteiger partial charge in [0.1, 0.15) is 0 Å². The Kier molecular flexibility index (Phi) is 4.97. The number of aromatic nitrogens is 2. The molecule has 114 valence electrons. The fourth-order valence-electron chi connectivity index (χ4n) is 2.02. The van der Waals surface area contributed by atoms with E-state index < -0.39 is 0 Å². The molecule has 0 saturated heterocycles. The Morgan fingerprint density at radius 3 is 2.35 bits per heavy atom. The number of carbonyl (C=O) groups excluding carboxylic acids is 1. The fourth-order valence-corrected chi connectivity index (χ4v) is 2.02. The monoisotopic (exact) mass is 280 g/mol. The number of hydrogen-bond donors (Lipinski definition) is 3. The molecule has 1 heterocycles. The average Bonchev–Trinajstić information content (AvgIpc) is 2.72. The van der Waals surface area contributed by atoms with E-state index in [1.807, 2.05) is 6.07 Å². The molecule has 0 radical (unpaired) electrons. The van der Waals surface area contributed by atoms with Crippen molar-refractivity contribution in [2.75, 3.05) is 11.9 Å². The molecule has 1 rings (SSSR count). The summed E-state index contributed by atoms with van der Waals surface area (Å²) in [4.78, 5) is 12.2. The second-order valence-electron chi connectivity index (χ2n) is 7.60. The average molecular weight is 280 g/mol. The van der Waals surface area contributed by atoms with Crippen LogP contribution < -0.4 is 11.1 Å². The topological polar surface area (TPSA) is 83.8 Å². The van der Waals surface area contributed by atoms with E-state index in [1.54, 1.807) is 0 Å². The minimum Gasteiger partial charge on any atom is -0.330 e. The summed E-state index contributed by atoms with van der Waals surface area (Å²) in [6.45, 7) is 12.9. The molecule has 0 aliphatic heterocycles. The Morgan fingerprint density at radius 1 is 1.35 bits per heavy atom. The van der Waals surface area contributed by atoms with Crippen LogP contribution in [0.2, 0.25) is 0 Å². The predicted octanol–water partition coefficient (Wildman–Crippen LogP) is 2.66. The zero-order valence-corrected chi connectivity index (χ0v) is 13.5. The molecule has 0 aliphatic rings. The van der Waals surface area contributed by atoms with E-state index in [9.17, 15) is 4.79 Å². The second kappa shape index (κ2) is 5.95. The van der Waals surface area contributed by atoms with E-state index >= 15 is 0 Å². The van der Waals surface area contributed by atoms with Crippen LogP contribution in [0.25, 0.3) is 0 Å². The van der Waals surface area contributed by atoms with Gasteiger partial charge in [-0.2, -0.15) is 5.10 Å². The number of carbonyl (C=O) groups is 1. The molecule has 20 heavy (non-hydrogen) atoms. The summed E-state index contributed by atoms with van der Waals surface area (Å²) in [5, 5.41) is 9.95. The standard InChI is InChI=1S/C15H28N4O/c1-14(2,3)8-10(9-16)13(20)17-12-7-11(18-19-12)15(4,5)6/h7,10H,8-9,16H2,1-6H3,(H2,17,18,19,20). The van der Waals surface area contributed by atoms with Crippen molar-refractivity contribution in [2.24, 2.45) is 17.1 Å². The number of nitrogens with zero attached hydrogens (tertiary/aromatic N) is 1. The van der Waals surface area contributed by atoms with Gasteiger partial charge in [0.15, 0.2) is 5.82 Å². The van der Waals surface area contributed by atoms with Gasteiger partial charge in [0.2, 0.25) is 5.91 Å². The SMILES string of the molecule is CC(C)(C)CC(CN)C(=O)Nc1cc(C(C)(C)C)[nH]n1. The highest BCUT2D eigenvalue weighted by molar-refractivity contribution is 5.91. The number of hydrogen-bond acceptors (Lipinski definition) is 3. The highest BCUT2D eigenvalue weighted by atomic mass is 16.2. The molecule has 1 unspecified atom stereocenters. The molecule has 0 spiro atoms. The largest absolute Gasteiger partial charge is 0.330 e. The summed E-state index contributed by atoms with van der Waals surface area (Å²) in [5.74, 6) is 0.312. The van der Waals surface area contributed by atoms with E-state index in [0.717, 1.165) is 12.1 Å². The Bertz CT molecular complexity index is 451. The molecule has 0 saturated carbocycles. The molecule has 1 atom stereocenters. The summed E-state index contributed by atoms with van der Waals surface area (Å²) >= 11 is 0. The molecule has 0 bridgehead atoms. The third-order valence-corrected chi connectivity index (χ3v) is 3.15. The third kappa shape index (κ3) is 4.96. The van der Waals surface area contributed by atoms with E-state index in [1.165, 1.54) is 0 Å². The van der Waals surface area contributed by atoms with Gasteiger partial charge in [0.05, 0.1) is 5.92 Å². The van der Waals surface area contributed by atoms with Crippen molar-refractivity contribution in [1.29, 1.82) is 0 Å². The lowest BCUT2D eigenvalue weighted by molar-refractivity contribution is -0.120. The summed E-state index contributed by atoms with van der Waals surface area (Å²) in [6, 6.07) is 1.88. The zero-order chi connectivity index (χ0) is 15.6. The first-order chi connectivity index (χ1) is 9.03. The van der Waals surface area contributed by atoms with Gasteiger partial charge in [-0.05, 0) is 11.8 Å². The first-order valence-corrected chi connectivity index (χ1v) is 7.10.